The summed E-state index contributed by atoms with van der Waals surface area (Å²) in [6, 6.07) is 6.63. The molecule has 0 bridgehead atoms. The average molecular weight is 247 g/mol. The SMILES string of the molecule is N#Cc1ccc(N2CCC(CCN)CC2)c(F)c1. The van der Waals surface area contributed by atoms with E-state index in [0.717, 1.165) is 38.9 Å². The Balaban J connectivity index is 2.04. The normalized spacial score (nSPS) is 16.6. The van der Waals surface area contributed by atoms with E-state index in [1.54, 1.807) is 12.1 Å². The van der Waals surface area contributed by atoms with Crippen molar-refractivity contribution in [1.82, 2.24) is 0 Å². The lowest BCUT2D eigenvalue weighted by Gasteiger charge is -2.33. The number of hydrogen-bond donors (Lipinski definition) is 1. The monoisotopic (exact) mass is 247 g/mol. The number of hydrogen-bond acceptors (Lipinski definition) is 3. The van der Waals surface area contributed by atoms with Crippen molar-refractivity contribution in [2.45, 2.75) is 19.3 Å². The largest absolute Gasteiger partial charge is 0.369 e. The van der Waals surface area contributed by atoms with E-state index in [9.17, 15) is 4.39 Å². The average Bonchev–Trinajstić information content (AvgIpc) is 2.40. The Morgan fingerprint density at radius 3 is 2.67 bits per heavy atom. The van der Waals surface area contributed by atoms with E-state index in [0.29, 0.717) is 17.2 Å². The van der Waals surface area contributed by atoms with Gasteiger partial charge in [-0.2, -0.15) is 5.26 Å². The van der Waals surface area contributed by atoms with Crippen LogP contribution in [0.2, 0.25) is 0 Å². The maximum atomic E-state index is 13.9. The molecule has 2 rings (SSSR count). The Kier molecular flexibility index (Phi) is 4.16. The minimum Gasteiger partial charge on any atom is -0.369 e. The van der Waals surface area contributed by atoms with Crippen LogP contribution in [0.25, 0.3) is 0 Å². The van der Waals surface area contributed by atoms with Crippen molar-refractivity contribution >= 4 is 5.69 Å². The van der Waals surface area contributed by atoms with Crippen molar-refractivity contribution in [1.29, 1.82) is 5.26 Å². The topological polar surface area (TPSA) is 53.0 Å². The second-order valence-corrected chi connectivity index (χ2v) is 4.79. The van der Waals surface area contributed by atoms with Crippen molar-refractivity contribution in [3.05, 3.63) is 29.6 Å². The fourth-order valence-corrected chi connectivity index (χ4v) is 2.53. The van der Waals surface area contributed by atoms with Crippen LogP contribution in [0.5, 0.6) is 0 Å². The molecule has 0 spiro atoms. The molecule has 96 valence electrons. The van der Waals surface area contributed by atoms with E-state index in [1.165, 1.54) is 6.07 Å². The maximum Gasteiger partial charge on any atom is 0.147 e. The fraction of sp³-hybridized carbons (Fsp3) is 0.500. The third kappa shape index (κ3) is 2.80. The van der Waals surface area contributed by atoms with Gasteiger partial charge in [-0.1, -0.05) is 0 Å². The molecule has 1 aliphatic rings. The molecule has 0 aromatic heterocycles. The first kappa shape index (κ1) is 12.8. The lowest BCUT2D eigenvalue weighted by molar-refractivity contribution is 0.384. The Bertz CT molecular complexity index is 445. The highest BCUT2D eigenvalue weighted by atomic mass is 19.1. The lowest BCUT2D eigenvalue weighted by Crippen LogP contribution is -2.34. The molecule has 1 heterocycles. The minimum absolute atomic E-state index is 0.300. The van der Waals surface area contributed by atoms with Gasteiger partial charge in [-0.25, -0.2) is 4.39 Å². The fourth-order valence-electron chi connectivity index (χ4n) is 2.53. The quantitative estimate of drug-likeness (QED) is 0.891. The molecule has 2 N–H and O–H groups in total. The van der Waals surface area contributed by atoms with Crippen molar-refractivity contribution in [2.24, 2.45) is 11.7 Å². The van der Waals surface area contributed by atoms with E-state index >= 15 is 0 Å². The van der Waals surface area contributed by atoms with E-state index in [1.807, 2.05) is 6.07 Å². The van der Waals surface area contributed by atoms with E-state index in [2.05, 4.69) is 4.90 Å². The van der Waals surface area contributed by atoms with Crippen LogP contribution in [0.4, 0.5) is 10.1 Å². The van der Waals surface area contributed by atoms with Crippen LogP contribution in [0.15, 0.2) is 18.2 Å². The molecule has 3 nitrogen and oxygen atoms in total. The second kappa shape index (κ2) is 5.83. The molecule has 1 aromatic rings. The number of benzene rings is 1. The van der Waals surface area contributed by atoms with Gasteiger partial charge in [-0.15, -0.1) is 0 Å². The van der Waals surface area contributed by atoms with Gasteiger partial charge >= 0.3 is 0 Å². The lowest BCUT2D eigenvalue weighted by atomic mass is 9.93. The van der Waals surface area contributed by atoms with Crippen LogP contribution in [0, 0.1) is 23.1 Å². The summed E-state index contributed by atoms with van der Waals surface area (Å²) < 4.78 is 13.9. The van der Waals surface area contributed by atoms with Crippen LogP contribution in [0.3, 0.4) is 0 Å². The minimum atomic E-state index is -0.300. The van der Waals surface area contributed by atoms with Gasteiger partial charge in [0.1, 0.15) is 5.82 Å². The Morgan fingerprint density at radius 1 is 1.39 bits per heavy atom. The van der Waals surface area contributed by atoms with Gasteiger partial charge in [-0.05, 0) is 49.9 Å². The summed E-state index contributed by atoms with van der Waals surface area (Å²) >= 11 is 0. The van der Waals surface area contributed by atoms with E-state index < -0.39 is 0 Å². The number of rotatable bonds is 3. The molecule has 0 radical (unpaired) electrons. The van der Waals surface area contributed by atoms with Crippen molar-refractivity contribution < 1.29 is 4.39 Å². The molecule has 0 saturated carbocycles. The number of nitrogens with two attached hydrogens (primary N) is 1. The molecular weight excluding hydrogens is 229 g/mol. The van der Waals surface area contributed by atoms with E-state index in [-0.39, 0.29) is 5.82 Å². The van der Waals surface area contributed by atoms with Crippen LogP contribution in [0.1, 0.15) is 24.8 Å². The number of piperidine rings is 1. The first-order valence-electron chi connectivity index (χ1n) is 6.39. The summed E-state index contributed by atoms with van der Waals surface area (Å²) in [6.07, 6.45) is 3.19. The van der Waals surface area contributed by atoms with Crippen molar-refractivity contribution in [2.75, 3.05) is 24.5 Å². The Labute approximate surface area is 107 Å². The number of nitriles is 1. The van der Waals surface area contributed by atoms with Crippen molar-refractivity contribution in [3.8, 4) is 6.07 Å². The van der Waals surface area contributed by atoms with Gasteiger partial charge < -0.3 is 10.6 Å². The van der Waals surface area contributed by atoms with Gasteiger partial charge in [0, 0.05) is 13.1 Å². The Morgan fingerprint density at radius 2 is 2.11 bits per heavy atom. The van der Waals surface area contributed by atoms with Gasteiger partial charge in [0.25, 0.3) is 0 Å². The first-order valence-corrected chi connectivity index (χ1v) is 6.39. The number of anilines is 1. The van der Waals surface area contributed by atoms with Gasteiger partial charge in [0.15, 0.2) is 0 Å². The molecule has 0 aliphatic carbocycles. The summed E-state index contributed by atoms with van der Waals surface area (Å²) in [5, 5.41) is 8.71. The molecule has 1 fully saturated rings. The summed E-state index contributed by atoms with van der Waals surface area (Å²) in [5.41, 5.74) is 6.54. The molecule has 1 aliphatic heterocycles. The summed E-state index contributed by atoms with van der Waals surface area (Å²) in [5.74, 6) is 0.374. The predicted octanol–water partition coefficient (Wildman–Crippen LogP) is 2.26. The highest BCUT2D eigenvalue weighted by molar-refractivity contribution is 5.51. The zero-order valence-corrected chi connectivity index (χ0v) is 10.4. The third-order valence-corrected chi connectivity index (χ3v) is 3.61. The molecule has 4 heteroatoms. The molecule has 0 atom stereocenters. The van der Waals surface area contributed by atoms with Crippen molar-refractivity contribution in [3.63, 3.8) is 0 Å². The highest BCUT2D eigenvalue weighted by Gasteiger charge is 2.20. The van der Waals surface area contributed by atoms with E-state index in [4.69, 9.17) is 11.0 Å². The second-order valence-electron chi connectivity index (χ2n) is 4.79. The molecule has 1 saturated heterocycles. The highest BCUT2D eigenvalue weighted by Crippen LogP contribution is 2.27. The zero-order chi connectivity index (χ0) is 13.0. The van der Waals surface area contributed by atoms with Gasteiger partial charge in [0.2, 0.25) is 0 Å². The predicted molar refractivity (Wildman–Crippen MR) is 69.7 cm³/mol. The molecule has 0 amide bonds. The van der Waals surface area contributed by atoms with Crippen LogP contribution < -0.4 is 10.6 Å². The zero-order valence-electron chi connectivity index (χ0n) is 10.4. The maximum absolute atomic E-state index is 13.9. The number of nitrogens with zero attached hydrogens (tertiary/aromatic N) is 2. The third-order valence-electron chi connectivity index (χ3n) is 3.61. The van der Waals surface area contributed by atoms with Crippen LogP contribution in [-0.4, -0.2) is 19.6 Å². The molecule has 1 aromatic carbocycles. The smallest absolute Gasteiger partial charge is 0.147 e. The van der Waals surface area contributed by atoms with Gasteiger partial charge in [-0.3, -0.25) is 0 Å². The standard InChI is InChI=1S/C14H18FN3/c15-13-9-12(10-17)1-2-14(13)18-7-4-11(3-6-16)5-8-18/h1-2,9,11H,3-8,16H2. The number of halogens is 1. The molecule has 18 heavy (non-hydrogen) atoms. The Hall–Kier alpha value is -1.60. The first-order chi connectivity index (χ1) is 8.74. The summed E-state index contributed by atoms with van der Waals surface area (Å²) in [7, 11) is 0. The van der Waals surface area contributed by atoms with Gasteiger partial charge in [0.05, 0.1) is 17.3 Å². The summed E-state index contributed by atoms with van der Waals surface area (Å²) in [6.45, 7) is 2.47. The summed E-state index contributed by atoms with van der Waals surface area (Å²) in [4.78, 5) is 2.06. The molecule has 0 unspecified atom stereocenters. The van der Waals surface area contributed by atoms with Crippen LogP contribution in [-0.2, 0) is 0 Å². The molecular formula is C14H18FN3. The van der Waals surface area contributed by atoms with Crippen LogP contribution >= 0.6 is 0 Å².